The second-order valence-electron chi connectivity index (χ2n) is 7.79. The first kappa shape index (κ1) is 19.1. The zero-order chi connectivity index (χ0) is 19.6. The van der Waals surface area contributed by atoms with Crippen LogP contribution in [-0.2, 0) is 14.3 Å². The topological polar surface area (TPSA) is 71.1 Å². The number of morpholine rings is 1. The Kier molecular flexibility index (Phi) is 5.50. The highest BCUT2D eigenvalue weighted by Crippen LogP contribution is 2.45. The smallest absolute Gasteiger partial charge is 0.321 e. The summed E-state index contributed by atoms with van der Waals surface area (Å²) in [4.78, 5) is 29.6. The molecule has 8 heteroatoms. The molecule has 3 aliphatic rings. The van der Waals surface area contributed by atoms with Crippen molar-refractivity contribution in [2.75, 3.05) is 57.9 Å². The number of carbonyl (C=O) groups excluding carboxylic acids is 2. The van der Waals surface area contributed by atoms with Crippen LogP contribution >= 0.6 is 0 Å². The molecule has 0 aliphatic carbocycles. The second kappa shape index (κ2) is 8.05. The maximum absolute atomic E-state index is 13.4. The zero-order valence-corrected chi connectivity index (χ0v) is 15.9. The molecule has 1 N–H and O–H groups in total. The number of hydrogen-bond acceptors (Lipinski definition) is 4. The Bertz CT molecular complexity index is 732. The Morgan fingerprint density at radius 2 is 1.79 bits per heavy atom. The van der Waals surface area contributed by atoms with E-state index in [2.05, 4.69) is 5.32 Å². The number of likely N-dealkylation sites (tertiary alicyclic amines) is 1. The van der Waals surface area contributed by atoms with Crippen LogP contribution in [0.25, 0.3) is 0 Å². The number of amides is 3. The van der Waals surface area contributed by atoms with Crippen molar-refractivity contribution < 1.29 is 23.5 Å². The molecule has 0 aromatic heterocycles. The van der Waals surface area contributed by atoms with E-state index in [0.717, 1.165) is 12.8 Å². The first-order valence-electron chi connectivity index (χ1n) is 9.83. The van der Waals surface area contributed by atoms with E-state index in [4.69, 9.17) is 9.47 Å². The minimum atomic E-state index is -0.402. The van der Waals surface area contributed by atoms with Crippen molar-refractivity contribution in [2.24, 2.45) is 11.3 Å². The van der Waals surface area contributed by atoms with Gasteiger partial charge in [0.05, 0.1) is 19.1 Å². The standard InChI is InChI=1S/C20H26FN3O4/c21-15-2-1-3-16(12-15)22-19(26)24-13-17(18(25)23-6-10-28-11-7-23)20(14-24)4-8-27-9-5-20/h1-3,12,17H,4-11,13-14H2,(H,22,26). The fourth-order valence-corrected chi connectivity index (χ4v) is 4.52. The van der Waals surface area contributed by atoms with Gasteiger partial charge in [0.2, 0.25) is 5.91 Å². The molecular weight excluding hydrogens is 365 g/mol. The predicted octanol–water partition coefficient (Wildman–Crippen LogP) is 1.94. The van der Waals surface area contributed by atoms with Crippen LogP contribution in [0.4, 0.5) is 14.9 Å². The molecule has 1 atom stereocenters. The third-order valence-corrected chi connectivity index (χ3v) is 6.12. The van der Waals surface area contributed by atoms with Crippen LogP contribution in [0.2, 0.25) is 0 Å². The minimum Gasteiger partial charge on any atom is -0.381 e. The Balaban J connectivity index is 1.50. The van der Waals surface area contributed by atoms with Gasteiger partial charge < -0.3 is 24.6 Å². The molecule has 3 heterocycles. The molecule has 1 unspecified atom stereocenters. The molecule has 1 aromatic carbocycles. The highest BCUT2D eigenvalue weighted by molar-refractivity contribution is 5.90. The molecule has 3 fully saturated rings. The van der Waals surface area contributed by atoms with Crippen molar-refractivity contribution in [3.05, 3.63) is 30.1 Å². The van der Waals surface area contributed by atoms with Gasteiger partial charge in [-0.1, -0.05) is 6.07 Å². The van der Waals surface area contributed by atoms with Crippen LogP contribution < -0.4 is 5.32 Å². The molecule has 4 rings (SSSR count). The molecule has 3 amide bonds. The van der Waals surface area contributed by atoms with Gasteiger partial charge in [0.15, 0.2) is 0 Å². The number of hydrogen-bond donors (Lipinski definition) is 1. The summed E-state index contributed by atoms with van der Waals surface area (Å²) in [5, 5.41) is 2.76. The van der Waals surface area contributed by atoms with E-state index in [0.29, 0.717) is 58.3 Å². The van der Waals surface area contributed by atoms with Gasteiger partial charge in [0.25, 0.3) is 0 Å². The van der Waals surface area contributed by atoms with Gasteiger partial charge in [0, 0.05) is 50.5 Å². The van der Waals surface area contributed by atoms with E-state index in [-0.39, 0.29) is 23.3 Å². The lowest BCUT2D eigenvalue weighted by atomic mass is 9.71. The monoisotopic (exact) mass is 391 g/mol. The first-order chi connectivity index (χ1) is 13.6. The average molecular weight is 391 g/mol. The predicted molar refractivity (Wildman–Crippen MR) is 100 cm³/mol. The quantitative estimate of drug-likeness (QED) is 0.837. The molecule has 1 spiro atoms. The molecule has 7 nitrogen and oxygen atoms in total. The van der Waals surface area contributed by atoms with Crippen molar-refractivity contribution >= 4 is 17.6 Å². The summed E-state index contributed by atoms with van der Waals surface area (Å²) in [5.41, 5.74) is 0.154. The van der Waals surface area contributed by atoms with Gasteiger partial charge in [-0.05, 0) is 31.0 Å². The number of anilines is 1. The largest absolute Gasteiger partial charge is 0.381 e. The lowest BCUT2D eigenvalue weighted by molar-refractivity contribution is -0.144. The summed E-state index contributed by atoms with van der Waals surface area (Å²) >= 11 is 0. The van der Waals surface area contributed by atoms with Crippen molar-refractivity contribution in [3.63, 3.8) is 0 Å². The average Bonchev–Trinajstić information content (AvgIpc) is 3.07. The Hall–Kier alpha value is -2.19. The summed E-state index contributed by atoms with van der Waals surface area (Å²) in [5.74, 6) is -0.542. The van der Waals surface area contributed by atoms with Gasteiger partial charge in [-0.15, -0.1) is 0 Å². The van der Waals surface area contributed by atoms with Crippen molar-refractivity contribution in [2.45, 2.75) is 12.8 Å². The highest BCUT2D eigenvalue weighted by atomic mass is 19.1. The third kappa shape index (κ3) is 3.84. The van der Waals surface area contributed by atoms with E-state index >= 15 is 0 Å². The number of halogens is 1. The summed E-state index contributed by atoms with van der Waals surface area (Å²) in [7, 11) is 0. The van der Waals surface area contributed by atoms with Gasteiger partial charge in [0.1, 0.15) is 5.82 Å². The van der Waals surface area contributed by atoms with Crippen LogP contribution in [0, 0.1) is 17.2 Å². The lowest BCUT2D eigenvalue weighted by Gasteiger charge is -2.39. The lowest BCUT2D eigenvalue weighted by Crippen LogP contribution is -2.49. The molecule has 1 aromatic rings. The molecule has 0 bridgehead atoms. The van der Waals surface area contributed by atoms with E-state index in [1.165, 1.54) is 12.1 Å². The van der Waals surface area contributed by atoms with Crippen LogP contribution in [0.5, 0.6) is 0 Å². The summed E-state index contributed by atoms with van der Waals surface area (Å²) < 4.78 is 24.3. The maximum atomic E-state index is 13.4. The SMILES string of the molecule is O=C(Nc1cccc(F)c1)N1CC(C(=O)N2CCOCC2)C2(CCOCC2)C1. The van der Waals surface area contributed by atoms with E-state index in [1.807, 2.05) is 4.90 Å². The molecule has 152 valence electrons. The van der Waals surface area contributed by atoms with Crippen molar-refractivity contribution in [1.29, 1.82) is 0 Å². The van der Waals surface area contributed by atoms with Crippen molar-refractivity contribution in [1.82, 2.24) is 9.80 Å². The Labute approximate surface area is 163 Å². The fourth-order valence-electron chi connectivity index (χ4n) is 4.52. The Morgan fingerprint density at radius 3 is 2.50 bits per heavy atom. The van der Waals surface area contributed by atoms with Gasteiger partial charge in [-0.3, -0.25) is 4.79 Å². The van der Waals surface area contributed by atoms with Crippen LogP contribution in [0.3, 0.4) is 0 Å². The van der Waals surface area contributed by atoms with Crippen molar-refractivity contribution in [3.8, 4) is 0 Å². The fraction of sp³-hybridized carbons (Fsp3) is 0.600. The number of ether oxygens (including phenoxy) is 2. The summed E-state index contributed by atoms with van der Waals surface area (Å²) in [6.45, 7) is 4.39. The molecule has 0 radical (unpaired) electrons. The van der Waals surface area contributed by atoms with Gasteiger partial charge in [-0.25, -0.2) is 9.18 Å². The number of nitrogens with one attached hydrogen (secondary N) is 1. The summed E-state index contributed by atoms with van der Waals surface area (Å²) in [6, 6.07) is 5.53. The van der Waals surface area contributed by atoms with Crippen LogP contribution in [0.1, 0.15) is 12.8 Å². The summed E-state index contributed by atoms with van der Waals surface area (Å²) in [6.07, 6.45) is 1.52. The Morgan fingerprint density at radius 1 is 1.07 bits per heavy atom. The molecule has 0 saturated carbocycles. The maximum Gasteiger partial charge on any atom is 0.321 e. The second-order valence-corrected chi connectivity index (χ2v) is 7.79. The normalized spacial score (nSPS) is 24.4. The van der Waals surface area contributed by atoms with E-state index in [1.54, 1.807) is 17.0 Å². The number of urea groups is 1. The molecule has 3 aliphatic heterocycles. The first-order valence-corrected chi connectivity index (χ1v) is 9.83. The zero-order valence-electron chi connectivity index (χ0n) is 15.9. The van der Waals surface area contributed by atoms with E-state index in [9.17, 15) is 14.0 Å². The number of carbonyl (C=O) groups is 2. The number of benzene rings is 1. The molecular formula is C20H26FN3O4. The highest BCUT2D eigenvalue weighted by Gasteiger charge is 2.52. The molecule has 3 saturated heterocycles. The minimum absolute atomic E-state index is 0.103. The molecule has 28 heavy (non-hydrogen) atoms. The van der Waals surface area contributed by atoms with Gasteiger partial charge in [-0.2, -0.15) is 0 Å². The number of rotatable bonds is 2. The third-order valence-electron chi connectivity index (χ3n) is 6.12. The van der Waals surface area contributed by atoms with Crippen LogP contribution in [0.15, 0.2) is 24.3 Å². The van der Waals surface area contributed by atoms with Gasteiger partial charge >= 0.3 is 6.03 Å². The number of nitrogens with zero attached hydrogens (tertiary/aromatic N) is 2. The van der Waals surface area contributed by atoms with Crippen LogP contribution in [-0.4, -0.2) is 74.3 Å². The van der Waals surface area contributed by atoms with E-state index < -0.39 is 5.82 Å².